The molecule has 0 bridgehead atoms. The van der Waals surface area contributed by atoms with E-state index in [1.54, 1.807) is 26.8 Å². The van der Waals surface area contributed by atoms with Crippen molar-refractivity contribution < 1.29 is 18.7 Å². The molecular formula is C14H19FN2O3. The van der Waals surface area contributed by atoms with Crippen molar-refractivity contribution in [1.29, 1.82) is 0 Å². The molecule has 6 heteroatoms. The van der Waals surface area contributed by atoms with Gasteiger partial charge in [0.1, 0.15) is 11.4 Å². The van der Waals surface area contributed by atoms with Crippen LogP contribution in [0, 0.1) is 5.82 Å². The number of carbonyl (C=O) groups is 2. The highest BCUT2D eigenvalue weighted by Crippen LogP contribution is 2.12. The number of rotatable bonds is 4. The van der Waals surface area contributed by atoms with Crippen LogP contribution in [-0.4, -0.2) is 24.1 Å². The molecule has 0 saturated carbocycles. The Morgan fingerprint density at radius 2 is 1.90 bits per heavy atom. The fourth-order valence-electron chi connectivity index (χ4n) is 1.37. The Bertz CT molecular complexity index is 484. The largest absolute Gasteiger partial charge is 0.444 e. The molecule has 1 aromatic carbocycles. The van der Waals surface area contributed by atoms with Gasteiger partial charge in [0.15, 0.2) is 0 Å². The maximum absolute atomic E-state index is 13.3. The average Bonchev–Trinajstić information content (AvgIpc) is 2.29. The maximum atomic E-state index is 13.3. The number of carbonyl (C=O) groups excluding carboxylic acids is 2. The Kier molecular flexibility index (Phi) is 5.49. The number of anilines is 1. The summed E-state index contributed by atoms with van der Waals surface area (Å²) in [6.07, 6.45) is -0.552. The lowest BCUT2D eigenvalue weighted by molar-refractivity contribution is -0.116. The molecule has 0 aliphatic carbocycles. The van der Waals surface area contributed by atoms with Gasteiger partial charge in [-0.3, -0.25) is 4.79 Å². The van der Waals surface area contributed by atoms with Crippen molar-refractivity contribution in [3.8, 4) is 0 Å². The second-order valence-electron chi connectivity index (χ2n) is 5.21. The summed E-state index contributed by atoms with van der Waals surface area (Å²) in [5.41, 5.74) is -0.464. The van der Waals surface area contributed by atoms with E-state index in [1.807, 2.05) is 0 Å². The summed E-state index contributed by atoms with van der Waals surface area (Å²) < 4.78 is 18.3. The first kappa shape index (κ1) is 15.9. The van der Waals surface area contributed by atoms with Gasteiger partial charge in [-0.15, -0.1) is 0 Å². The van der Waals surface area contributed by atoms with E-state index < -0.39 is 17.5 Å². The molecule has 5 nitrogen and oxygen atoms in total. The molecule has 0 fully saturated rings. The van der Waals surface area contributed by atoms with Gasteiger partial charge in [-0.1, -0.05) is 12.1 Å². The third-order valence-corrected chi connectivity index (χ3v) is 2.17. The van der Waals surface area contributed by atoms with Gasteiger partial charge >= 0.3 is 6.09 Å². The smallest absolute Gasteiger partial charge is 0.407 e. The molecule has 0 spiro atoms. The predicted molar refractivity (Wildman–Crippen MR) is 73.9 cm³/mol. The van der Waals surface area contributed by atoms with E-state index in [0.29, 0.717) is 0 Å². The highest BCUT2D eigenvalue weighted by molar-refractivity contribution is 5.91. The lowest BCUT2D eigenvalue weighted by Gasteiger charge is -2.19. The summed E-state index contributed by atoms with van der Waals surface area (Å²) in [5.74, 6) is -0.882. The van der Waals surface area contributed by atoms with Crippen LogP contribution in [0.5, 0.6) is 0 Å². The molecule has 0 radical (unpaired) electrons. The van der Waals surface area contributed by atoms with Crippen LogP contribution < -0.4 is 10.6 Å². The Morgan fingerprint density at radius 1 is 1.25 bits per heavy atom. The summed E-state index contributed by atoms with van der Waals surface area (Å²) in [5, 5.41) is 4.88. The Balaban J connectivity index is 2.31. The molecule has 0 aromatic heterocycles. The summed E-state index contributed by atoms with van der Waals surface area (Å²) in [4.78, 5) is 22.9. The number of amides is 2. The van der Waals surface area contributed by atoms with Gasteiger partial charge in [0.05, 0.1) is 5.69 Å². The van der Waals surface area contributed by atoms with Crippen molar-refractivity contribution in [1.82, 2.24) is 5.32 Å². The standard InChI is InChI=1S/C14H19FN2O3/c1-14(2,3)20-13(19)16-9-8-12(18)17-11-7-5-4-6-10(11)15/h4-7H,8-9H2,1-3H3,(H,16,19)(H,17,18). The number of benzene rings is 1. The molecule has 0 aliphatic rings. The number of nitrogens with one attached hydrogen (secondary N) is 2. The number of hydrogen-bond donors (Lipinski definition) is 2. The SMILES string of the molecule is CC(C)(C)OC(=O)NCCC(=O)Nc1ccccc1F. The van der Waals surface area contributed by atoms with Crippen molar-refractivity contribution in [2.24, 2.45) is 0 Å². The Morgan fingerprint density at radius 3 is 2.50 bits per heavy atom. The van der Waals surface area contributed by atoms with E-state index in [9.17, 15) is 14.0 Å². The zero-order valence-electron chi connectivity index (χ0n) is 11.8. The highest BCUT2D eigenvalue weighted by atomic mass is 19.1. The molecular weight excluding hydrogens is 263 g/mol. The highest BCUT2D eigenvalue weighted by Gasteiger charge is 2.16. The van der Waals surface area contributed by atoms with Gasteiger partial charge < -0.3 is 15.4 Å². The number of ether oxygens (including phenoxy) is 1. The van der Waals surface area contributed by atoms with Crippen LogP contribution in [0.3, 0.4) is 0 Å². The summed E-state index contributed by atoms with van der Waals surface area (Å²) in [7, 11) is 0. The third kappa shape index (κ3) is 6.17. The van der Waals surface area contributed by atoms with Crippen molar-refractivity contribution in [2.75, 3.05) is 11.9 Å². The molecule has 2 N–H and O–H groups in total. The molecule has 0 saturated heterocycles. The summed E-state index contributed by atoms with van der Waals surface area (Å²) in [6.45, 7) is 5.36. The summed E-state index contributed by atoms with van der Waals surface area (Å²) >= 11 is 0. The van der Waals surface area contributed by atoms with E-state index in [1.165, 1.54) is 18.2 Å². The molecule has 20 heavy (non-hydrogen) atoms. The van der Waals surface area contributed by atoms with E-state index in [4.69, 9.17) is 4.74 Å². The van der Waals surface area contributed by atoms with Gasteiger partial charge in [-0.2, -0.15) is 0 Å². The van der Waals surface area contributed by atoms with Gasteiger partial charge in [-0.25, -0.2) is 9.18 Å². The van der Waals surface area contributed by atoms with Crippen LogP contribution in [-0.2, 0) is 9.53 Å². The molecule has 2 amide bonds. The van der Waals surface area contributed by atoms with E-state index in [0.717, 1.165) is 0 Å². The van der Waals surface area contributed by atoms with Crippen LogP contribution in [0.15, 0.2) is 24.3 Å². The molecule has 0 aliphatic heterocycles. The fraction of sp³-hybridized carbons (Fsp3) is 0.429. The topological polar surface area (TPSA) is 67.4 Å². The fourth-order valence-corrected chi connectivity index (χ4v) is 1.37. The first-order chi connectivity index (χ1) is 9.28. The van der Waals surface area contributed by atoms with Crippen LogP contribution >= 0.6 is 0 Å². The van der Waals surface area contributed by atoms with E-state index in [2.05, 4.69) is 10.6 Å². The summed E-state index contributed by atoms with van der Waals surface area (Å²) in [6, 6.07) is 5.88. The molecule has 110 valence electrons. The van der Waals surface area contributed by atoms with Gasteiger partial charge in [0, 0.05) is 13.0 Å². The predicted octanol–water partition coefficient (Wildman–Crippen LogP) is 2.68. The molecule has 1 aromatic rings. The minimum atomic E-state index is -0.587. The van der Waals surface area contributed by atoms with Crippen LogP contribution in [0.1, 0.15) is 27.2 Å². The lowest BCUT2D eigenvalue weighted by atomic mass is 10.2. The monoisotopic (exact) mass is 282 g/mol. The Labute approximate surface area is 117 Å². The molecule has 0 atom stereocenters. The average molecular weight is 282 g/mol. The maximum Gasteiger partial charge on any atom is 0.407 e. The van der Waals surface area contributed by atoms with E-state index in [-0.39, 0.29) is 24.6 Å². The van der Waals surface area contributed by atoms with Crippen LogP contribution in [0.2, 0.25) is 0 Å². The van der Waals surface area contributed by atoms with Crippen molar-refractivity contribution in [3.05, 3.63) is 30.1 Å². The van der Waals surface area contributed by atoms with Gasteiger partial charge in [-0.05, 0) is 32.9 Å². The third-order valence-electron chi connectivity index (χ3n) is 2.17. The second kappa shape index (κ2) is 6.88. The number of hydrogen-bond acceptors (Lipinski definition) is 3. The molecule has 0 unspecified atom stereocenters. The van der Waals surface area contributed by atoms with E-state index >= 15 is 0 Å². The first-order valence-electron chi connectivity index (χ1n) is 6.29. The zero-order chi connectivity index (χ0) is 15.2. The van der Waals surface area contributed by atoms with Crippen LogP contribution in [0.4, 0.5) is 14.9 Å². The second-order valence-corrected chi connectivity index (χ2v) is 5.21. The van der Waals surface area contributed by atoms with Crippen molar-refractivity contribution >= 4 is 17.7 Å². The first-order valence-corrected chi connectivity index (χ1v) is 6.29. The van der Waals surface area contributed by atoms with Gasteiger partial charge in [0.25, 0.3) is 0 Å². The quantitative estimate of drug-likeness (QED) is 0.892. The lowest BCUT2D eigenvalue weighted by Crippen LogP contribution is -2.34. The van der Waals surface area contributed by atoms with Crippen LogP contribution in [0.25, 0.3) is 0 Å². The molecule has 0 heterocycles. The number of alkyl carbamates (subject to hydrolysis) is 1. The number of halogens is 1. The van der Waals surface area contributed by atoms with Crippen molar-refractivity contribution in [3.63, 3.8) is 0 Å². The molecule has 1 rings (SSSR count). The minimum absolute atomic E-state index is 0.0353. The van der Waals surface area contributed by atoms with Gasteiger partial charge in [0.2, 0.25) is 5.91 Å². The zero-order valence-corrected chi connectivity index (χ0v) is 11.8. The number of para-hydroxylation sites is 1. The van der Waals surface area contributed by atoms with Crippen molar-refractivity contribution in [2.45, 2.75) is 32.8 Å². The normalized spacial score (nSPS) is 10.8. The Hall–Kier alpha value is -2.11. The minimum Gasteiger partial charge on any atom is -0.444 e.